The third-order valence-corrected chi connectivity index (χ3v) is 5.83. The molecule has 0 unspecified atom stereocenters. The smallest absolute Gasteiger partial charge is 0.387 e. The van der Waals surface area contributed by atoms with Crippen molar-refractivity contribution in [2.24, 2.45) is 10.9 Å². The Labute approximate surface area is 188 Å². The summed E-state index contributed by atoms with van der Waals surface area (Å²) >= 11 is 0. The van der Waals surface area contributed by atoms with Crippen LogP contribution in [-0.4, -0.2) is 61.1 Å². The summed E-state index contributed by atoms with van der Waals surface area (Å²) in [6, 6.07) is 6.68. The van der Waals surface area contributed by atoms with Crippen molar-refractivity contribution in [2.45, 2.75) is 46.4 Å². The van der Waals surface area contributed by atoms with E-state index in [1.165, 1.54) is 0 Å². The predicted octanol–water partition coefficient (Wildman–Crippen LogP) is 3.81. The Morgan fingerprint density at radius 3 is 2.53 bits per heavy atom. The third kappa shape index (κ3) is 6.91. The number of hydrogen-bond donors (Lipinski definition) is 1. The molecule has 1 saturated heterocycles. The molecule has 0 radical (unpaired) electrons. The largest absolute Gasteiger partial charge is 0.444 e. The number of likely N-dealkylation sites (tertiary alicyclic amines) is 1. The molecule has 0 bridgehead atoms. The number of guanidine groups is 1. The van der Waals surface area contributed by atoms with Gasteiger partial charge in [0.05, 0.1) is 12.2 Å². The van der Waals surface area contributed by atoms with E-state index in [0.717, 1.165) is 67.9 Å². The van der Waals surface area contributed by atoms with Crippen LogP contribution in [0.2, 0.25) is 0 Å². The molecule has 0 spiro atoms. The SMILES string of the molecule is CN=C(NCC1CCN(Cc2nc(C)c(C)o2)CC1)N(C)Cc1ccc(OC(F)F)cc1. The Hall–Kier alpha value is -2.68. The van der Waals surface area contributed by atoms with Crippen molar-refractivity contribution in [1.29, 1.82) is 0 Å². The average Bonchev–Trinajstić information content (AvgIpc) is 3.07. The Balaban J connectivity index is 1.41. The van der Waals surface area contributed by atoms with Crippen LogP contribution in [0.25, 0.3) is 0 Å². The fraction of sp³-hybridized carbons (Fsp3) is 0.565. The van der Waals surface area contributed by atoms with Crippen molar-refractivity contribution in [3.05, 3.63) is 47.2 Å². The molecule has 9 heteroatoms. The zero-order chi connectivity index (χ0) is 23.1. The van der Waals surface area contributed by atoms with Crippen molar-refractivity contribution in [2.75, 3.05) is 33.7 Å². The molecule has 1 aliphatic rings. The summed E-state index contributed by atoms with van der Waals surface area (Å²) in [5.74, 6) is 3.24. The second-order valence-electron chi connectivity index (χ2n) is 8.28. The minimum absolute atomic E-state index is 0.161. The number of hydrogen-bond acceptors (Lipinski definition) is 5. The number of halogens is 2. The van der Waals surface area contributed by atoms with Gasteiger partial charge in [0.25, 0.3) is 0 Å². The topological polar surface area (TPSA) is 66.1 Å². The predicted molar refractivity (Wildman–Crippen MR) is 120 cm³/mol. The van der Waals surface area contributed by atoms with E-state index in [2.05, 4.69) is 24.9 Å². The first-order valence-electron chi connectivity index (χ1n) is 10.9. The van der Waals surface area contributed by atoms with Crippen LogP contribution < -0.4 is 10.1 Å². The Bertz CT molecular complexity index is 858. The van der Waals surface area contributed by atoms with Gasteiger partial charge >= 0.3 is 6.61 Å². The minimum atomic E-state index is -2.81. The molecule has 7 nitrogen and oxygen atoms in total. The number of aryl methyl sites for hydroxylation is 2. The van der Waals surface area contributed by atoms with Crippen molar-refractivity contribution in [3.8, 4) is 5.75 Å². The van der Waals surface area contributed by atoms with Crippen molar-refractivity contribution in [1.82, 2.24) is 20.1 Å². The van der Waals surface area contributed by atoms with Crippen molar-refractivity contribution in [3.63, 3.8) is 0 Å². The summed E-state index contributed by atoms with van der Waals surface area (Å²) in [5.41, 5.74) is 1.95. The molecule has 1 fully saturated rings. The fourth-order valence-corrected chi connectivity index (χ4v) is 3.89. The number of aromatic nitrogens is 1. The van der Waals surface area contributed by atoms with Gasteiger partial charge in [0.1, 0.15) is 11.5 Å². The monoisotopic (exact) mass is 449 g/mol. The second-order valence-corrected chi connectivity index (χ2v) is 8.28. The maximum absolute atomic E-state index is 12.3. The normalized spacial score (nSPS) is 15.9. The van der Waals surface area contributed by atoms with E-state index in [1.807, 2.05) is 25.8 Å². The van der Waals surface area contributed by atoms with Crippen LogP contribution in [0.5, 0.6) is 5.75 Å². The van der Waals surface area contributed by atoms with Crippen molar-refractivity contribution >= 4 is 5.96 Å². The highest BCUT2D eigenvalue weighted by atomic mass is 19.3. The zero-order valence-electron chi connectivity index (χ0n) is 19.3. The molecule has 1 aromatic carbocycles. The van der Waals surface area contributed by atoms with Crippen LogP contribution in [0.4, 0.5) is 8.78 Å². The lowest BCUT2D eigenvalue weighted by molar-refractivity contribution is -0.0498. The second kappa shape index (κ2) is 11.3. The van der Waals surface area contributed by atoms with E-state index in [0.29, 0.717) is 12.5 Å². The number of ether oxygens (including phenoxy) is 1. The van der Waals surface area contributed by atoms with Crippen LogP contribution in [0.15, 0.2) is 33.7 Å². The first-order valence-corrected chi connectivity index (χ1v) is 10.9. The molecule has 1 aromatic heterocycles. The van der Waals surface area contributed by atoms with Gasteiger partial charge in [-0.25, -0.2) is 4.98 Å². The summed E-state index contributed by atoms with van der Waals surface area (Å²) in [6.45, 7) is 5.40. The number of piperidine rings is 1. The Kier molecular flexibility index (Phi) is 8.44. The first kappa shape index (κ1) is 24.0. The first-order chi connectivity index (χ1) is 15.3. The number of aliphatic imine (C=N–C) groups is 1. The molecule has 2 aromatic rings. The molecule has 0 saturated carbocycles. The lowest BCUT2D eigenvalue weighted by Gasteiger charge is -2.32. The van der Waals surface area contributed by atoms with Crippen molar-refractivity contribution < 1.29 is 17.9 Å². The van der Waals surface area contributed by atoms with Crippen LogP contribution in [0.1, 0.15) is 35.7 Å². The molecular formula is C23H33F2N5O2. The molecule has 0 amide bonds. The highest BCUT2D eigenvalue weighted by Gasteiger charge is 2.21. The number of nitrogens with one attached hydrogen (secondary N) is 1. The van der Waals surface area contributed by atoms with Gasteiger partial charge in [-0.2, -0.15) is 8.78 Å². The van der Waals surface area contributed by atoms with Gasteiger partial charge in [-0.05, 0) is 63.4 Å². The van der Waals surface area contributed by atoms with E-state index >= 15 is 0 Å². The third-order valence-electron chi connectivity index (χ3n) is 5.83. The van der Waals surface area contributed by atoms with Crippen LogP contribution in [0, 0.1) is 19.8 Å². The van der Waals surface area contributed by atoms with E-state index in [9.17, 15) is 8.78 Å². The summed E-state index contributed by atoms with van der Waals surface area (Å²) in [4.78, 5) is 13.3. The molecule has 0 aliphatic carbocycles. The highest BCUT2D eigenvalue weighted by molar-refractivity contribution is 5.79. The molecular weight excluding hydrogens is 416 g/mol. The molecule has 176 valence electrons. The summed E-state index contributed by atoms with van der Waals surface area (Å²) < 4.78 is 34.7. The lowest BCUT2D eigenvalue weighted by atomic mass is 9.97. The summed E-state index contributed by atoms with van der Waals surface area (Å²) in [6.07, 6.45) is 2.22. The number of rotatable bonds is 8. The van der Waals surface area contributed by atoms with Crippen LogP contribution in [-0.2, 0) is 13.1 Å². The van der Waals surface area contributed by atoms with E-state index in [4.69, 9.17) is 4.42 Å². The summed E-state index contributed by atoms with van der Waals surface area (Å²) in [5, 5.41) is 3.47. The maximum Gasteiger partial charge on any atom is 0.387 e. The number of oxazole rings is 1. The molecule has 2 heterocycles. The molecule has 1 aliphatic heterocycles. The maximum atomic E-state index is 12.3. The average molecular weight is 450 g/mol. The standard InChI is InChI=1S/C23H33F2N5O2/c1-16-17(2)31-21(28-16)15-30-11-9-18(10-12-30)13-27-23(26-3)29(4)14-19-5-7-20(8-6-19)32-22(24)25/h5-8,18,22H,9-15H2,1-4H3,(H,26,27). The molecule has 3 rings (SSSR count). The van der Waals surface area contributed by atoms with Gasteiger partial charge in [-0.3, -0.25) is 9.89 Å². The number of benzene rings is 1. The van der Waals surface area contributed by atoms with Crippen LogP contribution in [0.3, 0.4) is 0 Å². The molecule has 1 N–H and O–H groups in total. The van der Waals surface area contributed by atoms with E-state index in [-0.39, 0.29) is 5.75 Å². The van der Waals surface area contributed by atoms with E-state index < -0.39 is 6.61 Å². The van der Waals surface area contributed by atoms with Gasteiger partial charge in [-0.15, -0.1) is 0 Å². The van der Waals surface area contributed by atoms with Gasteiger partial charge in [-0.1, -0.05) is 12.1 Å². The van der Waals surface area contributed by atoms with Gasteiger partial charge < -0.3 is 19.4 Å². The van der Waals surface area contributed by atoms with Crippen LogP contribution >= 0.6 is 0 Å². The molecule has 0 atom stereocenters. The summed E-state index contributed by atoms with van der Waals surface area (Å²) in [7, 11) is 3.73. The fourth-order valence-electron chi connectivity index (χ4n) is 3.89. The number of alkyl halides is 2. The Morgan fingerprint density at radius 2 is 1.97 bits per heavy atom. The lowest BCUT2D eigenvalue weighted by Crippen LogP contribution is -2.43. The minimum Gasteiger partial charge on any atom is -0.444 e. The van der Waals surface area contributed by atoms with Gasteiger partial charge in [0.15, 0.2) is 5.96 Å². The van der Waals surface area contributed by atoms with E-state index in [1.54, 1.807) is 31.3 Å². The highest BCUT2D eigenvalue weighted by Crippen LogP contribution is 2.20. The van der Waals surface area contributed by atoms with Gasteiger partial charge in [0.2, 0.25) is 5.89 Å². The zero-order valence-corrected chi connectivity index (χ0v) is 19.3. The Morgan fingerprint density at radius 1 is 1.28 bits per heavy atom. The number of nitrogens with zero attached hydrogens (tertiary/aromatic N) is 4. The molecule has 32 heavy (non-hydrogen) atoms. The quantitative estimate of drug-likeness (QED) is 0.488. The van der Waals surface area contributed by atoms with Gasteiger partial charge in [0, 0.05) is 27.2 Å².